The Hall–Kier alpha value is -7.68. The highest BCUT2D eigenvalue weighted by Gasteiger charge is 2.41. The third kappa shape index (κ3) is 9.15. The van der Waals surface area contributed by atoms with E-state index in [2.05, 4.69) is 23.6 Å². The van der Waals surface area contributed by atoms with Gasteiger partial charge in [-0.3, -0.25) is 29.0 Å². The molecular weight excluding hydrogens is 889 g/mol. The van der Waals surface area contributed by atoms with E-state index >= 15 is 0 Å². The molecule has 10 rings (SSSR count). The molecule has 0 unspecified atom stereocenters. The normalized spacial score (nSPS) is 20.5. The van der Waals surface area contributed by atoms with Gasteiger partial charge in [0.05, 0.1) is 11.4 Å². The molecule has 4 N–H and O–H groups in total. The Morgan fingerprint density at radius 2 is 0.900 bits per heavy atom. The van der Waals surface area contributed by atoms with E-state index in [0.717, 1.165) is 46.2 Å². The summed E-state index contributed by atoms with van der Waals surface area (Å²) in [5.74, 6) is -0.716. The second-order valence-electron chi connectivity index (χ2n) is 18.3. The molecule has 0 fully saturated rings. The summed E-state index contributed by atoms with van der Waals surface area (Å²) in [4.78, 5) is 58.0. The Bertz CT molecular complexity index is 2720. The molecule has 14 nitrogen and oxygen atoms in total. The average Bonchev–Trinajstić information content (AvgIpc) is 3.36. The molecule has 6 atom stereocenters. The van der Waals surface area contributed by atoms with Gasteiger partial charge in [-0.25, -0.2) is 0 Å². The fourth-order valence-corrected chi connectivity index (χ4v) is 10.4. The lowest BCUT2D eigenvalue weighted by Gasteiger charge is -2.41. The van der Waals surface area contributed by atoms with Crippen LogP contribution in [0.5, 0.6) is 23.0 Å². The first-order valence-electron chi connectivity index (χ1n) is 23.6. The third-order valence-electron chi connectivity index (χ3n) is 14.1. The maximum atomic E-state index is 13.1. The maximum Gasteiger partial charge on any atom is 0.321 e. The lowest BCUT2D eigenvalue weighted by atomic mass is 9.89. The van der Waals surface area contributed by atoms with E-state index in [1.807, 2.05) is 84.9 Å². The number of hydrogen-bond acceptors (Lipinski definition) is 10. The molecule has 6 aromatic rings. The van der Waals surface area contributed by atoms with Crippen LogP contribution < -0.4 is 19.3 Å². The van der Waals surface area contributed by atoms with Crippen LogP contribution in [0.1, 0.15) is 95.5 Å². The molecule has 6 aromatic carbocycles. The van der Waals surface area contributed by atoms with Crippen LogP contribution in [-0.2, 0) is 45.1 Å². The molecule has 2 amide bonds. The van der Waals surface area contributed by atoms with Crippen LogP contribution in [0.4, 0.5) is 11.4 Å². The number of ether oxygens (including phenoxy) is 2. The van der Waals surface area contributed by atoms with Crippen molar-refractivity contribution in [2.24, 2.45) is 0 Å². The average molecular weight is 945 g/mol. The molecule has 0 saturated carbocycles. The van der Waals surface area contributed by atoms with E-state index < -0.39 is 36.2 Å². The summed E-state index contributed by atoms with van der Waals surface area (Å²) in [6.07, 6.45) is 0.640. The van der Waals surface area contributed by atoms with Gasteiger partial charge in [0.2, 0.25) is 12.2 Å². The van der Waals surface area contributed by atoms with Crippen LogP contribution in [0.25, 0.3) is 0 Å². The number of hydrogen-bond donors (Lipinski definition) is 4. The Labute approximate surface area is 406 Å². The second kappa shape index (κ2) is 19.7. The molecule has 0 aliphatic carbocycles. The molecule has 0 spiro atoms. The first-order chi connectivity index (χ1) is 33.7. The van der Waals surface area contributed by atoms with Gasteiger partial charge in [0.1, 0.15) is 35.1 Å². The van der Waals surface area contributed by atoms with Gasteiger partial charge in [0, 0.05) is 50.4 Å². The van der Waals surface area contributed by atoms with Gasteiger partial charge in [0.25, 0.3) is 11.8 Å². The van der Waals surface area contributed by atoms with Gasteiger partial charge in [-0.2, -0.15) is 0 Å². The highest BCUT2D eigenvalue weighted by molar-refractivity contribution is 6.01. The second-order valence-corrected chi connectivity index (χ2v) is 18.3. The number of aromatic hydroxyl groups is 2. The highest BCUT2D eigenvalue weighted by atomic mass is 16.5. The van der Waals surface area contributed by atoms with Gasteiger partial charge in [-0.15, -0.1) is 0 Å². The Morgan fingerprint density at radius 3 is 1.23 bits per heavy atom. The van der Waals surface area contributed by atoms with E-state index in [0.29, 0.717) is 59.9 Å². The molecule has 0 radical (unpaired) electrons. The molecule has 14 heteroatoms. The van der Waals surface area contributed by atoms with Crippen LogP contribution in [0.3, 0.4) is 0 Å². The van der Waals surface area contributed by atoms with Crippen molar-refractivity contribution >= 4 is 35.1 Å². The molecule has 4 aliphatic heterocycles. The number of likely N-dealkylation sites (N-methyl/N-ethyl adjacent to an activating group) is 2. The zero-order valence-electron chi connectivity index (χ0n) is 39.4. The van der Waals surface area contributed by atoms with Crippen LogP contribution in [0.15, 0.2) is 133 Å². The number of anilines is 2. The highest BCUT2D eigenvalue weighted by Crippen LogP contribution is 2.45. The number of nitrogens with zero attached hydrogens (tertiary/aromatic N) is 4. The number of aliphatic carboxylic acids is 2. The zero-order valence-corrected chi connectivity index (χ0v) is 39.4. The summed E-state index contributed by atoms with van der Waals surface area (Å²) in [5, 5.41) is 39.4. The Morgan fingerprint density at radius 1 is 0.543 bits per heavy atom. The van der Waals surface area contributed by atoms with Crippen molar-refractivity contribution in [1.82, 2.24) is 9.80 Å². The molecular formula is C56H56N4O10. The molecule has 360 valence electrons. The summed E-state index contributed by atoms with van der Waals surface area (Å²) in [6, 6.07) is 39.2. The Kier molecular flexibility index (Phi) is 13.4. The van der Waals surface area contributed by atoms with E-state index in [-0.39, 0.29) is 35.4 Å². The summed E-state index contributed by atoms with van der Waals surface area (Å²) in [5.41, 5.74) is 8.62. The molecule has 0 aromatic heterocycles. The molecule has 0 bridgehead atoms. The number of amides is 2. The quantitative estimate of drug-likeness (QED) is 0.103. The number of rotatable bonds is 10. The minimum Gasteiger partial charge on any atom is -0.508 e. The van der Waals surface area contributed by atoms with Crippen LogP contribution in [0.2, 0.25) is 0 Å². The van der Waals surface area contributed by atoms with Crippen molar-refractivity contribution in [3.63, 3.8) is 0 Å². The third-order valence-corrected chi connectivity index (χ3v) is 14.1. The number of benzene rings is 6. The predicted molar refractivity (Wildman–Crippen MR) is 263 cm³/mol. The lowest BCUT2D eigenvalue weighted by Crippen LogP contribution is -2.47. The largest absolute Gasteiger partial charge is 0.508 e. The number of phenolic OH excluding ortho intramolecular Hbond substituents is 2. The van der Waals surface area contributed by atoms with Gasteiger partial charge in [0.15, 0.2) is 0 Å². The van der Waals surface area contributed by atoms with Gasteiger partial charge in [-0.1, -0.05) is 98.8 Å². The Balaban J connectivity index is 0.000000174. The number of fused-ring (bicyclic) bond motifs is 4. The molecule has 0 saturated heterocycles. The summed E-state index contributed by atoms with van der Waals surface area (Å²) in [7, 11) is 3.41. The fraction of sp³-hybridized carbons (Fsp3) is 0.286. The van der Waals surface area contributed by atoms with E-state index in [1.54, 1.807) is 48.2 Å². The monoisotopic (exact) mass is 944 g/mol. The number of carboxylic acids is 2. The van der Waals surface area contributed by atoms with Crippen molar-refractivity contribution in [3.05, 3.63) is 178 Å². The van der Waals surface area contributed by atoms with Crippen molar-refractivity contribution in [2.45, 2.75) is 89.0 Å². The molecule has 70 heavy (non-hydrogen) atoms. The SMILES string of the molecule is CC[C@@H](c1ccccc1)N1Cc2cc3c(cc2C[C@H]1C(=O)O)N(C)C(=O)[C@H](c1ccc(O)cc1)O3.CC[C@H](c1ccccc1)N1Cc2cc3c(cc2C[C@H]1C(=O)O)N(C)C(=O)[C@H](c1ccc(O)cc1)O3. The lowest BCUT2D eigenvalue weighted by molar-refractivity contribution is -0.146. The van der Waals surface area contributed by atoms with Crippen LogP contribution in [-0.4, -0.2) is 80.2 Å². The number of carbonyl (C=O) groups excluding carboxylic acids is 2. The fourth-order valence-electron chi connectivity index (χ4n) is 10.4. The van der Waals surface area contributed by atoms with Crippen molar-refractivity contribution in [2.75, 3.05) is 23.9 Å². The summed E-state index contributed by atoms with van der Waals surface area (Å²) in [6.45, 7) is 5.09. The van der Waals surface area contributed by atoms with Gasteiger partial charge in [-0.05, 0) is 108 Å². The van der Waals surface area contributed by atoms with Gasteiger partial charge >= 0.3 is 11.9 Å². The minimum absolute atomic E-state index is 0.0311. The van der Waals surface area contributed by atoms with Gasteiger partial charge < -0.3 is 39.7 Å². The van der Waals surface area contributed by atoms with Crippen molar-refractivity contribution in [1.29, 1.82) is 0 Å². The summed E-state index contributed by atoms with van der Waals surface area (Å²) >= 11 is 0. The smallest absolute Gasteiger partial charge is 0.321 e. The van der Waals surface area contributed by atoms with E-state index in [4.69, 9.17) is 9.47 Å². The standard InChI is InChI=1S/2C28H28N2O5/c2*1-3-22(17-7-5-4-6-8-17)30-16-20-15-25-23(13-19(20)14-24(30)28(33)34)29(2)27(32)26(35-25)18-9-11-21(31)12-10-18/h2*4-13,15,22,24,26,31H,3,14,16H2,1-2H3,(H,33,34)/t22-,24+,26+;22-,24-,26-/m10/s1. The zero-order chi connectivity index (χ0) is 49.4. The van der Waals surface area contributed by atoms with E-state index in [9.17, 15) is 39.6 Å². The van der Waals surface area contributed by atoms with Crippen molar-refractivity contribution < 1.29 is 49.1 Å². The van der Waals surface area contributed by atoms with E-state index in [1.165, 1.54) is 24.3 Å². The van der Waals surface area contributed by atoms with Crippen LogP contribution >= 0.6 is 0 Å². The number of phenols is 2. The minimum atomic E-state index is -0.851. The topological polar surface area (TPSA) is 181 Å². The summed E-state index contributed by atoms with van der Waals surface area (Å²) < 4.78 is 12.4. The maximum absolute atomic E-state index is 13.1. The number of carboxylic acid groups (broad SMARTS) is 2. The van der Waals surface area contributed by atoms with Crippen LogP contribution in [0, 0.1) is 0 Å². The predicted octanol–water partition coefficient (Wildman–Crippen LogP) is 8.90. The van der Waals surface area contributed by atoms with Crippen molar-refractivity contribution in [3.8, 4) is 23.0 Å². The number of carbonyl (C=O) groups is 4. The molecule has 4 aliphatic rings. The first kappa shape index (κ1) is 47.4. The first-order valence-corrected chi connectivity index (χ1v) is 23.6. The molecule has 4 heterocycles.